The van der Waals surface area contributed by atoms with Crippen LogP contribution in [0, 0.1) is 0 Å². The molecule has 5 rings (SSSR count). The van der Waals surface area contributed by atoms with E-state index in [1.165, 1.54) is 25.7 Å². The van der Waals surface area contributed by atoms with Crippen LogP contribution in [0.1, 0.15) is 25.7 Å². The standard InChI is InChI=1S/C24H32Si4/c1-25(21-13-5-6-14-21)26(2,22-15-7-8-16-22)28(4,24-19-11-12-20-24)27(25,3)23-17-9-10-18-23/h5-13,15,17,19H,14,16,18,20H2,1-4H3. The number of hydrogen-bond donors (Lipinski definition) is 0. The van der Waals surface area contributed by atoms with Crippen molar-refractivity contribution in [2.45, 2.75) is 51.9 Å². The average molecular weight is 433 g/mol. The molecule has 1 fully saturated rings. The first-order valence-corrected chi connectivity index (χ1v) is 24.9. The normalized spacial score (nSPS) is 43.3. The Balaban J connectivity index is 1.78. The molecule has 1 saturated heterocycles. The smallest absolute Gasteiger partial charge is 0.0719 e. The van der Waals surface area contributed by atoms with Gasteiger partial charge in [-0.2, -0.15) is 0 Å². The fourth-order valence-corrected chi connectivity index (χ4v) is 142. The van der Waals surface area contributed by atoms with Crippen LogP contribution >= 0.6 is 0 Å². The van der Waals surface area contributed by atoms with Crippen molar-refractivity contribution < 1.29 is 0 Å². The van der Waals surface area contributed by atoms with Crippen LogP contribution in [0.4, 0.5) is 0 Å². The van der Waals surface area contributed by atoms with Gasteiger partial charge in [0, 0.05) is 0 Å². The summed E-state index contributed by atoms with van der Waals surface area (Å²) >= 11 is 0. The van der Waals surface area contributed by atoms with E-state index in [-0.39, 0.29) is 0 Å². The summed E-state index contributed by atoms with van der Waals surface area (Å²) in [6, 6.07) is 0. The van der Waals surface area contributed by atoms with Crippen LogP contribution < -0.4 is 0 Å². The predicted octanol–water partition coefficient (Wildman–Crippen LogP) is 6.33. The van der Waals surface area contributed by atoms with Gasteiger partial charge in [-0.05, 0) is 25.7 Å². The number of hydrogen-bond acceptors (Lipinski definition) is 0. The first-order chi connectivity index (χ1) is 13.4. The Bertz CT molecular complexity index is 812. The van der Waals surface area contributed by atoms with E-state index in [1.807, 2.05) is 20.8 Å². The van der Waals surface area contributed by atoms with Gasteiger partial charge < -0.3 is 0 Å². The molecule has 0 spiro atoms. The first-order valence-electron chi connectivity index (χ1n) is 10.9. The van der Waals surface area contributed by atoms with Crippen LogP contribution in [0.5, 0.6) is 0 Å². The summed E-state index contributed by atoms with van der Waals surface area (Å²) in [6.07, 6.45) is 34.5. The van der Waals surface area contributed by atoms with Crippen molar-refractivity contribution in [3.05, 3.63) is 93.7 Å². The van der Waals surface area contributed by atoms with Gasteiger partial charge in [-0.25, -0.2) is 0 Å². The Morgan fingerprint density at radius 3 is 0.786 bits per heavy atom. The highest BCUT2D eigenvalue weighted by atomic mass is 30.2. The Labute approximate surface area is 173 Å². The monoisotopic (exact) mass is 432 g/mol. The third-order valence-electron chi connectivity index (χ3n) is 9.65. The van der Waals surface area contributed by atoms with Gasteiger partial charge >= 0.3 is 0 Å². The topological polar surface area (TPSA) is 0 Å². The van der Waals surface area contributed by atoms with Crippen molar-refractivity contribution in [2.75, 3.05) is 0 Å². The summed E-state index contributed by atoms with van der Waals surface area (Å²) in [5.41, 5.74) is 0. The highest BCUT2D eigenvalue weighted by molar-refractivity contribution is 8.17. The molecule has 0 atom stereocenters. The Kier molecular flexibility index (Phi) is 4.12. The van der Waals surface area contributed by atoms with E-state index in [1.54, 1.807) is 0 Å². The van der Waals surface area contributed by atoms with Crippen molar-refractivity contribution in [2.24, 2.45) is 0 Å². The van der Waals surface area contributed by atoms with Gasteiger partial charge in [0.15, 0.2) is 0 Å². The SMILES string of the molecule is C[Si]1(C2=CC=CC2)[Si](C)(C2=CC=CC2)[Si](C)(C2=CC=CC2)[Si]1(C)C1=CC=CC1. The maximum Gasteiger partial charge on any atom is 0.0719 e. The van der Waals surface area contributed by atoms with E-state index in [9.17, 15) is 0 Å². The highest BCUT2D eigenvalue weighted by Crippen LogP contribution is 2.64. The van der Waals surface area contributed by atoms with E-state index >= 15 is 0 Å². The molecule has 0 N–H and O–H groups in total. The highest BCUT2D eigenvalue weighted by Gasteiger charge is 2.86. The third-order valence-corrected chi connectivity index (χ3v) is 101. The Morgan fingerprint density at radius 2 is 0.643 bits per heavy atom. The molecule has 0 aromatic rings. The number of rotatable bonds is 4. The zero-order valence-corrected chi connectivity index (χ0v) is 21.8. The molecule has 0 radical (unpaired) electrons. The first kappa shape index (κ1) is 18.8. The van der Waals surface area contributed by atoms with Gasteiger partial charge in [-0.1, -0.05) is 120 Å². The second kappa shape index (κ2) is 6.14. The molecule has 5 aliphatic rings. The molecule has 1 aliphatic heterocycles. The van der Waals surface area contributed by atoms with Gasteiger partial charge in [0.05, 0.1) is 28.4 Å². The van der Waals surface area contributed by atoms with E-state index < -0.39 is 28.4 Å². The molecule has 0 saturated carbocycles. The van der Waals surface area contributed by atoms with Crippen molar-refractivity contribution in [3.63, 3.8) is 0 Å². The number of allylic oxidation sites excluding steroid dienone is 16. The van der Waals surface area contributed by atoms with Crippen molar-refractivity contribution >= 4 is 28.4 Å². The second-order valence-corrected chi connectivity index (χ2v) is 51.4. The minimum Gasteiger partial charge on any atom is -0.0819 e. The molecule has 4 heteroatoms. The zero-order valence-electron chi connectivity index (χ0n) is 17.8. The van der Waals surface area contributed by atoms with Crippen LogP contribution in [-0.2, 0) is 0 Å². The lowest BCUT2D eigenvalue weighted by molar-refractivity contribution is 1.32. The van der Waals surface area contributed by atoms with E-state index in [4.69, 9.17) is 0 Å². The van der Waals surface area contributed by atoms with Crippen molar-refractivity contribution in [1.29, 1.82) is 0 Å². The fraction of sp³-hybridized carbons (Fsp3) is 0.333. The molecule has 0 unspecified atom stereocenters. The maximum atomic E-state index is 2.88. The lowest BCUT2D eigenvalue weighted by atomic mass is 10.5. The third kappa shape index (κ3) is 1.86. The second-order valence-electron chi connectivity index (χ2n) is 9.80. The molecule has 0 amide bonds. The van der Waals surface area contributed by atoms with Crippen molar-refractivity contribution in [1.82, 2.24) is 0 Å². The summed E-state index contributed by atoms with van der Waals surface area (Å²) in [4.78, 5) is 0. The molecule has 0 aromatic carbocycles. The molecule has 0 bridgehead atoms. The van der Waals surface area contributed by atoms with Gasteiger partial charge in [0.1, 0.15) is 0 Å². The van der Waals surface area contributed by atoms with Gasteiger partial charge in [0.25, 0.3) is 0 Å². The van der Waals surface area contributed by atoms with Crippen LogP contribution in [-0.4, -0.2) is 28.4 Å². The Hall–Kier alpha value is -1.21. The molecule has 4 aliphatic carbocycles. The minimum atomic E-state index is -1.55. The summed E-state index contributed by atoms with van der Waals surface area (Å²) in [5, 5.41) is 7.64. The summed E-state index contributed by atoms with van der Waals surface area (Å²) < 4.78 is 0. The largest absolute Gasteiger partial charge is 0.0819 e. The van der Waals surface area contributed by atoms with Gasteiger partial charge in [-0.3, -0.25) is 0 Å². The molecule has 1 heterocycles. The fourth-order valence-electron chi connectivity index (χ4n) is 7.78. The lowest BCUT2D eigenvalue weighted by Crippen LogP contribution is -3.05. The van der Waals surface area contributed by atoms with Crippen LogP contribution in [0.3, 0.4) is 0 Å². The summed E-state index contributed by atoms with van der Waals surface area (Å²) in [6.45, 7) is 11.5. The molecule has 28 heavy (non-hydrogen) atoms. The minimum absolute atomic E-state index is 1.25. The average Bonchev–Trinajstić information content (AvgIpc) is 3.53. The van der Waals surface area contributed by atoms with Crippen LogP contribution in [0.15, 0.2) is 93.7 Å². The molecule has 0 nitrogen and oxygen atoms in total. The van der Waals surface area contributed by atoms with Crippen molar-refractivity contribution in [3.8, 4) is 0 Å². The predicted molar refractivity (Wildman–Crippen MR) is 134 cm³/mol. The Morgan fingerprint density at radius 1 is 0.429 bits per heavy atom. The van der Waals surface area contributed by atoms with E-state index in [0.29, 0.717) is 0 Å². The molecular weight excluding hydrogens is 401 g/mol. The molecular formula is C24H32Si4. The van der Waals surface area contributed by atoms with Gasteiger partial charge in [-0.15, -0.1) is 0 Å². The van der Waals surface area contributed by atoms with Crippen LogP contribution in [0.25, 0.3) is 0 Å². The van der Waals surface area contributed by atoms with Crippen LogP contribution in [0.2, 0.25) is 26.2 Å². The lowest BCUT2D eigenvalue weighted by Gasteiger charge is -2.78. The zero-order chi connectivity index (χ0) is 19.6. The quantitative estimate of drug-likeness (QED) is 0.455. The summed E-state index contributed by atoms with van der Waals surface area (Å²) in [7, 11) is -6.20. The summed E-state index contributed by atoms with van der Waals surface area (Å²) in [5.74, 6) is 0. The van der Waals surface area contributed by atoms with Gasteiger partial charge in [0.2, 0.25) is 0 Å². The van der Waals surface area contributed by atoms with E-state index in [2.05, 4.69) is 99.1 Å². The molecule has 0 aromatic heterocycles. The maximum absolute atomic E-state index is 2.88. The molecule has 144 valence electrons. The van der Waals surface area contributed by atoms with E-state index in [0.717, 1.165) is 0 Å².